The molecule has 0 aliphatic heterocycles. The predicted molar refractivity (Wildman–Crippen MR) is 328 cm³/mol. The van der Waals surface area contributed by atoms with Crippen LogP contribution in [-0.4, -0.2) is 260 Å². The highest BCUT2D eigenvalue weighted by atomic mass is 31.2. The third-order valence-corrected chi connectivity index (χ3v) is 20.2. The highest BCUT2D eigenvalue weighted by Crippen LogP contribution is 2.49. The number of hydrogen-bond acceptors (Lipinski definition) is 53. The first-order valence-corrected chi connectivity index (χ1v) is 44.6. The minimum absolute atomic E-state index is 0. The van der Waals surface area contributed by atoms with Crippen LogP contribution in [0.5, 0.6) is 0 Å². The van der Waals surface area contributed by atoms with Crippen molar-refractivity contribution in [1.82, 2.24) is 26.6 Å². The average molecular weight is 1770 g/mol. The van der Waals surface area contributed by atoms with Crippen molar-refractivity contribution in [2.24, 2.45) is 0 Å². The molecule has 15 unspecified atom stereocenters. The van der Waals surface area contributed by atoms with E-state index in [-0.39, 0.29) is 55.1 Å². The van der Waals surface area contributed by atoms with Gasteiger partial charge in [0.15, 0.2) is 0 Å². The van der Waals surface area contributed by atoms with E-state index < -0.39 is 255 Å². The maximum atomic E-state index is 12.7. The minimum Gasteiger partial charge on any atom is -0.756 e. The van der Waals surface area contributed by atoms with Gasteiger partial charge in [-0.1, -0.05) is 14.9 Å². The summed E-state index contributed by atoms with van der Waals surface area (Å²) in [5, 5.41) is 21.9. The molecule has 8 N–H and O–H groups in total. The molecule has 0 aromatic heterocycles. The summed E-state index contributed by atoms with van der Waals surface area (Å²) in [6, 6.07) is 0. The summed E-state index contributed by atoms with van der Waals surface area (Å²) in [7, 11) is -52.2. The molecule has 105 heavy (non-hydrogen) atoms. The maximum absolute atomic E-state index is 12.7. The summed E-state index contributed by atoms with van der Waals surface area (Å²) in [4.78, 5) is 141. The summed E-state index contributed by atoms with van der Waals surface area (Å²) < 4.78 is 255. The summed E-state index contributed by atoms with van der Waals surface area (Å²) in [5.41, 5.74) is 0. The minimum atomic E-state index is -5.60. The van der Waals surface area contributed by atoms with Crippen molar-refractivity contribution in [2.75, 3.05) is 214 Å². The zero-order valence-electron chi connectivity index (χ0n) is 54.9. The average Bonchev–Trinajstić information content (AvgIpc) is 0.886. The molecule has 636 valence electrons. The highest BCUT2D eigenvalue weighted by Gasteiger charge is 2.29. The molecular formula is C39H90N5O50P11-10. The van der Waals surface area contributed by atoms with Crippen molar-refractivity contribution in [2.45, 2.75) is 45.4 Å². The molecule has 15 atom stereocenters. The Hall–Kier alpha value is 0.770. The molecule has 0 amide bonds. The van der Waals surface area contributed by atoms with E-state index in [1.165, 1.54) is 35.2 Å². The first-order chi connectivity index (χ1) is 47.8. The van der Waals surface area contributed by atoms with Crippen LogP contribution in [0.15, 0.2) is 0 Å². The third-order valence-electron chi connectivity index (χ3n) is 9.52. The molecular weight excluding hydrogens is 1680 g/mol. The number of aliphatic hydroxyl groups excluding tert-OH is 1. The summed E-state index contributed by atoms with van der Waals surface area (Å²) >= 11 is 0. The smallest absolute Gasteiger partial charge is 0.470 e. The molecule has 0 radical (unpaired) electrons. The highest BCUT2D eigenvalue weighted by molar-refractivity contribution is 7.48. The van der Waals surface area contributed by atoms with Gasteiger partial charge in [0.25, 0.3) is 78.2 Å². The number of phosphoric ester groups is 11. The Morgan fingerprint density at radius 1 is 0.248 bits per heavy atom. The van der Waals surface area contributed by atoms with Crippen LogP contribution in [0.4, 0.5) is 0 Å². The van der Waals surface area contributed by atoms with Crippen LogP contribution in [0.2, 0.25) is 0 Å². The number of nitrogens with one attached hydrogen (secondary N) is 5. The second-order valence-corrected chi connectivity index (χ2v) is 33.4. The van der Waals surface area contributed by atoms with Crippen LogP contribution in [0, 0.1) is 0 Å². The van der Waals surface area contributed by atoms with Crippen LogP contribution in [0.3, 0.4) is 0 Å². The largest absolute Gasteiger partial charge is 0.756 e. The van der Waals surface area contributed by atoms with E-state index in [9.17, 15) is 104 Å². The van der Waals surface area contributed by atoms with Gasteiger partial charge in [-0.05, 0) is 35.2 Å². The lowest BCUT2D eigenvalue weighted by molar-refractivity contribution is -0.245. The predicted octanol–water partition coefficient (Wildman–Crippen LogP) is -6.81. The summed E-state index contributed by atoms with van der Waals surface area (Å²) in [5.74, 6) is 0. The van der Waals surface area contributed by atoms with E-state index in [2.05, 4.69) is 108 Å². The Balaban J connectivity index is -0.0000520. The van der Waals surface area contributed by atoms with Crippen molar-refractivity contribution >= 4 is 86.0 Å². The van der Waals surface area contributed by atoms with Crippen LogP contribution in [0.25, 0.3) is 0 Å². The molecule has 0 bridgehead atoms. The van der Waals surface area contributed by atoms with Crippen molar-refractivity contribution < 1.29 is 233 Å². The Morgan fingerprint density at radius 3 is 0.571 bits per heavy atom. The second-order valence-electron chi connectivity index (χ2n) is 18.3. The van der Waals surface area contributed by atoms with Gasteiger partial charge in [-0.3, -0.25) is 76.8 Å². The second kappa shape index (κ2) is 57.8. The molecule has 0 rings (SSSR count). The lowest BCUT2D eigenvalue weighted by Gasteiger charge is -2.31. The monoisotopic (exact) mass is 1770 g/mol. The van der Waals surface area contributed by atoms with Gasteiger partial charge in [0.05, 0.1) is 179 Å². The lowest BCUT2D eigenvalue weighted by atomic mass is 10.4. The fraction of sp³-hybridized carbons (Fsp3) is 1.00. The zero-order valence-corrected chi connectivity index (χ0v) is 64.8. The number of ether oxygens (including phenoxy) is 5. The van der Waals surface area contributed by atoms with E-state index in [0.29, 0.717) is 0 Å². The SMILES string of the molecule is C.C.CNCOCC(COP(=O)([O-])OCCOP(=O)([O-])OCCOP(=O)([O-])OCCOP(=O)([O-])OC(COCNC)COP(=O)([O-])OCCOP(=O)([O-])OC(COCNC)COP(=O)([O-])OCCOP(=O)([O-])OC(COCNC)COP(=O)([O-])OCCOP(=O)([O-])OC(CO)COCNC)OP(=O)(O)O. The molecule has 0 spiro atoms. The molecule has 0 fully saturated rings. The molecule has 0 saturated carbocycles. The van der Waals surface area contributed by atoms with E-state index in [4.69, 9.17) is 47.0 Å². The van der Waals surface area contributed by atoms with E-state index >= 15 is 0 Å². The van der Waals surface area contributed by atoms with Gasteiger partial charge in [-0.15, -0.1) is 0 Å². The first kappa shape index (κ1) is 110. The molecule has 55 nitrogen and oxygen atoms in total. The lowest BCUT2D eigenvalue weighted by Crippen LogP contribution is -2.30. The van der Waals surface area contributed by atoms with Gasteiger partial charge >= 0.3 is 7.82 Å². The molecule has 0 saturated heterocycles. The normalized spacial score (nSPS) is 19.5. The van der Waals surface area contributed by atoms with Crippen molar-refractivity contribution in [3.05, 3.63) is 0 Å². The van der Waals surface area contributed by atoms with Gasteiger partial charge in [0.1, 0.15) is 30.5 Å². The number of phosphoric acid groups is 11. The number of rotatable bonds is 73. The topological polar surface area (TPSA) is 779 Å². The maximum Gasteiger partial charge on any atom is 0.470 e. The third kappa shape index (κ3) is 64.7. The number of aliphatic hydroxyl groups is 1. The standard InChI is InChI=1S/C37H92N5O50P11.2CH4/c1-38-28-67-19-33(18-43)89-100(59,60)80-15-11-77-97(53,54)85-26-36(22-70-31-41-4)91-102(63,64)82-17-13-79-99(57,58)87-27-37(23-71-32-42-5)92-103(65,66)83-16-12-78-98(55,56)86-25-35(21-69-30-40-3)90-101(61,62)81-14-10-75-95(49,50)73-7-6-72-94(47,48)74-8-9-76-96(51,52)84-24-34(20-68-29-39-2)88-93(44,45)46;;/h33-43H,6-32H2,1-5H3,(H,47,48)(H,49,50)(H,51,52)(H,53,54)(H,55,56)(H,57,58)(H,59,60)(H,61,62)(H,63,64)(H,65,66)(H2,44,45,46);2*1H4/p-10. The van der Waals surface area contributed by atoms with Gasteiger partial charge in [0.2, 0.25) is 0 Å². The molecule has 0 heterocycles. The van der Waals surface area contributed by atoms with Crippen molar-refractivity contribution in [3.63, 3.8) is 0 Å². The van der Waals surface area contributed by atoms with E-state index in [1.807, 2.05) is 0 Å². The van der Waals surface area contributed by atoms with Crippen molar-refractivity contribution in [1.29, 1.82) is 0 Å². The Kier molecular flexibility index (Phi) is 60.5. The summed E-state index contributed by atoms with van der Waals surface area (Å²) in [6.45, 7) is -22.6. The van der Waals surface area contributed by atoms with Gasteiger partial charge in [-0.2, -0.15) is 0 Å². The molecule has 0 aromatic carbocycles. The summed E-state index contributed by atoms with van der Waals surface area (Å²) in [6.07, 6.45) is -8.58. The number of hydrogen-bond donors (Lipinski definition) is 8. The fourth-order valence-electron chi connectivity index (χ4n) is 5.77. The first-order valence-electron chi connectivity index (χ1n) is 28.4. The van der Waals surface area contributed by atoms with Crippen LogP contribution < -0.4 is 75.5 Å². The Morgan fingerprint density at radius 2 is 0.400 bits per heavy atom. The fourth-order valence-corrected chi connectivity index (χ4v) is 13.9. The Labute approximate surface area is 603 Å². The molecule has 0 aliphatic rings. The van der Waals surface area contributed by atoms with Crippen LogP contribution in [0.1, 0.15) is 14.9 Å². The zero-order chi connectivity index (χ0) is 78.4. The van der Waals surface area contributed by atoms with E-state index in [0.717, 1.165) is 0 Å². The quantitative estimate of drug-likeness (QED) is 0.0159. The molecule has 0 aliphatic carbocycles. The van der Waals surface area contributed by atoms with Gasteiger partial charge < -0.3 is 178 Å². The van der Waals surface area contributed by atoms with Gasteiger partial charge in [-0.25, -0.2) is 4.57 Å². The van der Waals surface area contributed by atoms with Crippen LogP contribution >= 0.6 is 86.0 Å². The van der Waals surface area contributed by atoms with Crippen molar-refractivity contribution in [3.8, 4) is 0 Å². The molecule has 0 aromatic rings. The Bertz CT molecular complexity index is 2850. The van der Waals surface area contributed by atoms with Crippen LogP contribution in [-0.2, 0) is 169 Å². The molecule has 66 heteroatoms. The van der Waals surface area contributed by atoms with E-state index in [1.54, 1.807) is 0 Å². The van der Waals surface area contributed by atoms with Gasteiger partial charge in [0, 0.05) is 0 Å².